The lowest BCUT2D eigenvalue weighted by atomic mass is 10.0. The van der Waals surface area contributed by atoms with Crippen molar-refractivity contribution in [1.82, 2.24) is 4.98 Å². The van der Waals surface area contributed by atoms with Crippen molar-refractivity contribution in [2.45, 2.75) is 32.1 Å². The van der Waals surface area contributed by atoms with Crippen molar-refractivity contribution in [2.24, 2.45) is 5.92 Å². The van der Waals surface area contributed by atoms with Crippen molar-refractivity contribution in [3.8, 4) is 0 Å². The molecule has 0 atom stereocenters. The van der Waals surface area contributed by atoms with Crippen LogP contribution in [0.1, 0.15) is 42.5 Å². The van der Waals surface area contributed by atoms with Gasteiger partial charge in [0.1, 0.15) is 5.56 Å². The SMILES string of the molecule is O=C(O)c1cnccc1NCCC1CCCC1. The molecule has 1 aromatic rings. The number of aromatic nitrogens is 1. The molecule has 92 valence electrons. The van der Waals surface area contributed by atoms with Gasteiger partial charge >= 0.3 is 5.97 Å². The van der Waals surface area contributed by atoms with Crippen molar-refractivity contribution in [1.29, 1.82) is 0 Å². The summed E-state index contributed by atoms with van der Waals surface area (Å²) in [5.74, 6) is -0.112. The Kier molecular flexibility index (Phi) is 3.96. The van der Waals surface area contributed by atoms with Crippen LogP contribution < -0.4 is 5.32 Å². The third kappa shape index (κ3) is 3.19. The van der Waals surface area contributed by atoms with E-state index in [4.69, 9.17) is 5.11 Å². The van der Waals surface area contributed by atoms with Gasteiger partial charge in [0.25, 0.3) is 0 Å². The predicted molar refractivity (Wildman–Crippen MR) is 66.3 cm³/mol. The molecular weight excluding hydrogens is 216 g/mol. The fraction of sp³-hybridized carbons (Fsp3) is 0.538. The highest BCUT2D eigenvalue weighted by atomic mass is 16.4. The lowest BCUT2D eigenvalue weighted by Crippen LogP contribution is -2.10. The van der Waals surface area contributed by atoms with E-state index in [1.807, 2.05) is 0 Å². The standard InChI is InChI=1S/C13H18N2O2/c16-13(17)11-9-14-7-6-12(11)15-8-5-10-3-1-2-4-10/h6-7,9-10H,1-5,8H2,(H,14,15)(H,16,17). The molecule has 1 saturated carbocycles. The maximum Gasteiger partial charge on any atom is 0.339 e. The van der Waals surface area contributed by atoms with Gasteiger partial charge in [-0.05, 0) is 18.4 Å². The van der Waals surface area contributed by atoms with Gasteiger partial charge in [0.05, 0.1) is 5.69 Å². The molecule has 0 amide bonds. The zero-order chi connectivity index (χ0) is 12.1. The lowest BCUT2D eigenvalue weighted by Gasteiger charge is -2.12. The van der Waals surface area contributed by atoms with Crippen LogP contribution in [0, 0.1) is 5.92 Å². The van der Waals surface area contributed by atoms with E-state index >= 15 is 0 Å². The number of aromatic carboxylic acids is 1. The Morgan fingerprint density at radius 2 is 2.24 bits per heavy atom. The van der Waals surface area contributed by atoms with Crippen molar-refractivity contribution in [2.75, 3.05) is 11.9 Å². The molecule has 0 aromatic carbocycles. The van der Waals surface area contributed by atoms with Crippen LogP contribution >= 0.6 is 0 Å². The second kappa shape index (κ2) is 5.66. The van der Waals surface area contributed by atoms with Crippen LogP contribution in [0.2, 0.25) is 0 Å². The summed E-state index contributed by atoms with van der Waals surface area (Å²) >= 11 is 0. The highest BCUT2D eigenvalue weighted by Gasteiger charge is 2.15. The molecule has 1 aromatic heterocycles. The molecule has 17 heavy (non-hydrogen) atoms. The van der Waals surface area contributed by atoms with Crippen LogP contribution in [0.3, 0.4) is 0 Å². The van der Waals surface area contributed by atoms with Gasteiger partial charge in [-0.1, -0.05) is 25.7 Å². The highest BCUT2D eigenvalue weighted by Crippen LogP contribution is 2.27. The fourth-order valence-corrected chi connectivity index (χ4v) is 2.43. The number of rotatable bonds is 5. The first-order valence-corrected chi connectivity index (χ1v) is 6.18. The summed E-state index contributed by atoms with van der Waals surface area (Å²) in [6.07, 6.45) is 9.47. The van der Waals surface area contributed by atoms with E-state index in [1.165, 1.54) is 31.9 Å². The second-order valence-corrected chi connectivity index (χ2v) is 4.59. The number of nitrogens with zero attached hydrogens (tertiary/aromatic N) is 1. The number of hydrogen-bond acceptors (Lipinski definition) is 3. The van der Waals surface area contributed by atoms with Gasteiger partial charge in [0.15, 0.2) is 0 Å². The van der Waals surface area contributed by atoms with Crippen LogP contribution in [0.15, 0.2) is 18.5 Å². The number of anilines is 1. The van der Waals surface area contributed by atoms with E-state index in [2.05, 4.69) is 10.3 Å². The van der Waals surface area contributed by atoms with Crippen molar-refractivity contribution < 1.29 is 9.90 Å². The number of carboxylic acid groups (broad SMARTS) is 1. The molecule has 2 rings (SSSR count). The fourth-order valence-electron chi connectivity index (χ4n) is 2.43. The first-order chi connectivity index (χ1) is 8.27. The Labute approximate surface area is 101 Å². The van der Waals surface area contributed by atoms with Gasteiger partial charge < -0.3 is 10.4 Å². The van der Waals surface area contributed by atoms with Gasteiger partial charge in [-0.2, -0.15) is 0 Å². The monoisotopic (exact) mass is 234 g/mol. The Hall–Kier alpha value is -1.58. The summed E-state index contributed by atoms with van der Waals surface area (Å²) in [7, 11) is 0. The highest BCUT2D eigenvalue weighted by molar-refractivity contribution is 5.93. The largest absolute Gasteiger partial charge is 0.478 e. The molecule has 2 N–H and O–H groups in total. The number of carbonyl (C=O) groups is 1. The number of nitrogens with one attached hydrogen (secondary N) is 1. The average molecular weight is 234 g/mol. The number of hydrogen-bond donors (Lipinski definition) is 2. The van der Waals surface area contributed by atoms with E-state index in [9.17, 15) is 4.79 Å². The normalized spacial score (nSPS) is 16.0. The maximum atomic E-state index is 11.0. The zero-order valence-corrected chi connectivity index (χ0v) is 9.85. The minimum Gasteiger partial charge on any atom is -0.478 e. The lowest BCUT2D eigenvalue weighted by molar-refractivity contribution is 0.0697. The molecule has 1 heterocycles. The van der Waals surface area contributed by atoms with E-state index in [1.54, 1.807) is 12.3 Å². The quantitative estimate of drug-likeness (QED) is 0.822. The molecule has 4 heteroatoms. The molecule has 1 fully saturated rings. The van der Waals surface area contributed by atoms with Crippen LogP contribution in [0.5, 0.6) is 0 Å². The molecule has 0 aliphatic heterocycles. The van der Waals surface area contributed by atoms with Crippen LogP contribution in [0.25, 0.3) is 0 Å². The predicted octanol–water partition coefficient (Wildman–Crippen LogP) is 2.77. The summed E-state index contributed by atoms with van der Waals surface area (Å²) in [6.45, 7) is 0.842. The van der Waals surface area contributed by atoms with Crippen molar-refractivity contribution >= 4 is 11.7 Å². The minimum atomic E-state index is -0.929. The number of pyridine rings is 1. The van der Waals surface area contributed by atoms with Gasteiger partial charge in [0, 0.05) is 18.9 Å². The first-order valence-electron chi connectivity index (χ1n) is 6.18. The van der Waals surface area contributed by atoms with E-state index in [0.717, 1.165) is 18.9 Å². The summed E-state index contributed by atoms with van der Waals surface area (Å²) < 4.78 is 0. The first kappa shape index (κ1) is 11.9. The summed E-state index contributed by atoms with van der Waals surface area (Å²) in [6, 6.07) is 1.72. The molecule has 1 aliphatic rings. The molecule has 0 spiro atoms. The minimum absolute atomic E-state index is 0.249. The number of carboxylic acids is 1. The molecule has 1 aliphatic carbocycles. The van der Waals surface area contributed by atoms with Gasteiger partial charge in [-0.25, -0.2) is 4.79 Å². The summed E-state index contributed by atoms with van der Waals surface area (Å²) in [5, 5.41) is 12.2. The van der Waals surface area contributed by atoms with Crippen molar-refractivity contribution in [3.63, 3.8) is 0 Å². The average Bonchev–Trinajstić information content (AvgIpc) is 2.82. The third-order valence-electron chi connectivity index (χ3n) is 3.39. The molecule has 0 saturated heterocycles. The molecule has 4 nitrogen and oxygen atoms in total. The summed E-state index contributed by atoms with van der Waals surface area (Å²) in [5.41, 5.74) is 0.921. The van der Waals surface area contributed by atoms with E-state index < -0.39 is 5.97 Å². The molecule has 0 unspecified atom stereocenters. The van der Waals surface area contributed by atoms with Gasteiger partial charge in [-0.3, -0.25) is 4.98 Å². The van der Waals surface area contributed by atoms with E-state index in [0.29, 0.717) is 5.69 Å². The Morgan fingerprint density at radius 1 is 1.47 bits per heavy atom. The second-order valence-electron chi connectivity index (χ2n) is 4.59. The topological polar surface area (TPSA) is 62.2 Å². The van der Waals surface area contributed by atoms with Crippen LogP contribution in [0.4, 0.5) is 5.69 Å². The van der Waals surface area contributed by atoms with Crippen LogP contribution in [-0.4, -0.2) is 22.6 Å². The maximum absolute atomic E-state index is 11.0. The zero-order valence-electron chi connectivity index (χ0n) is 9.85. The third-order valence-corrected chi connectivity index (χ3v) is 3.39. The molecule has 0 bridgehead atoms. The van der Waals surface area contributed by atoms with E-state index in [-0.39, 0.29) is 5.56 Å². The van der Waals surface area contributed by atoms with Crippen molar-refractivity contribution in [3.05, 3.63) is 24.0 Å². The van der Waals surface area contributed by atoms with Crippen LogP contribution in [-0.2, 0) is 0 Å². The Bertz CT molecular complexity index is 387. The Balaban J connectivity index is 1.87. The summed E-state index contributed by atoms with van der Waals surface area (Å²) in [4.78, 5) is 14.8. The molecular formula is C13H18N2O2. The Morgan fingerprint density at radius 3 is 2.94 bits per heavy atom. The van der Waals surface area contributed by atoms with Gasteiger partial charge in [-0.15, -0.1) is 0 Å². The van der Waals surface area contributed by atoms with Gasteiger partial charge in [0.2, 0.25) is 0 Å². The molecule has 0 radical (unpaired) electrons. The smallest absolute Gasteiger partial charge is 0.339 e.